The largest absolute Gasteiger partial charge is 0.465 e. The van der Waals surface area contributed by atoms with Gasteiger partial charge < -0.3 is 10.1 Å². The molecule has 0 atom stereocenters. The fourth-order valence-electron chi connectivity index (χ4n) is 1.17. The van der Waals surface area contributed by atoms with Gasteiger partial charge in [-0.25, -0.2) is 9.78 Å². The Balaban J connectivity index is 2.95. The van der Waals surface area contributed by atoms with E-state index in [9.17, 15) is 4.79 Å². The van der Waals surface area contributed by atoms with E-state index in [1.807, 2.05) is 6.92 Å². The van der Waals surface area contributed by atoms with Crippen LogP contribution in [0.4, 0.5) is 5.82 Å². The van der Waals surface area contributed by atoms with Crippen molar-refractivity contribution >= 4 is 11.8 Å². The van der Waals surface area contributed by atoms with Gasteiger partial charge in [0.25, 0.3) is 0 Å². The fourth-order valence-corrected chi connectivity index (χ4v) is 1.17. The number of pyridine rings is 1. The van der Waals surface area contributed by atoms with Crippen molar-refractivity contribution < 1.29 is 9.53 Å². The number of aromatic nitrogens is 1. The monoisotopic (exact) mass is 194 g/mol. The van der Waals surface area contributed by atoms with Crippen molar-refractivity contribution in [1.82, 2.24) is 4.98 Å². The van der Waals surface area contributed by atoms with Crippen LogP contribution in [0.25, 0.3) is 0 Å². The van der Waals surface area contributed by atoms with Crippen molar-refractivity contribution in [1.29, 1.82) is 0 Å². The van der Waals surface area contributed by atoms with Crippen LogP contribution in [0.2, 0.25) is 0 Å². The molecule has 4 nitrogen and oxygen atoms in total. The van der Waals surface area contributed by atoms with Crippen LogP contribution in [0, 0.1) is 6.92 Å². The predicted octanol–water partition coefficient (Wildman–Crippen LogP) is 1.61. The Bertz CT molecular complexity index is 337. The number of anilines is 1. The third kappa shape index (κ3) is 2.22. The number of hydrogen-bond acceptors (Lipinski definition) is 4. The molecular weight excluding hydrogens is 180 g/mol. The van der Waals surface area contributed by atoms with Gasteiger partial charge in [0.05, 0.1) is 18.4 Å². The van der Waals surface area contributed by atoms with Crippen molar-refractivity contribution in [3.8, 4) is 0 Å². The summed E-state index contributed by atoms with van der Waals surface area (Å²) in [7, 11) is 1.36. The number of ether oxygens (including phenoxy) is 1. The number of methoxy groups -OCH3 is 1. The highest BCUT2D eigenvalue weighted by molar-refractivity contribution is 5.90. The number of carbonyl (C=O) groups excluding carboxylic acids is 1. The van der Waals surface area contributed by atoms with Gasteiger partial charge in [-0.15, -0.1) is 0 Å². The molecule has 1 aromatic rings. The van der Waals surface area contributed by atoms with Gasteiger partial charge in [0.15, 0.2) is 0 Å². The van der Waals surface area contributed by atoms with Gasteiger partial charge >= 0.3 is 5.97 Å². The molecule has 1 aromatic heterocycles. The van der Waals surface area contributed by atoms with Gasteiger partial charge in [0, 0.05) is 6.54 Å². The lowest BCUT2D eigenvalue weighted by molar-refractivity contribution is 0.0599. The second-order valence-electron chi connectivity index (χ2n) is 2.85. The summed E-state index contributed by atoms with van der Waals surface area (Å²) in [6.45, 7) is 4.59. The molecule has 0 bridgehead atoms. The first-order chi connectivity index (χ1) is 6.69. The van der Waals surface area contributed by atoms with Crippen LogP contribution in [0.15, 0.2) is 12.1 Å². The number of hydrogen-bond donors (Lipinski definition) is 1. The van der Waals surface area contributed by atoms with Crippen LogP contribution < -0.4 is 5.32 Å². The third-order valence-electron chi connectivity index (χ3n) is 1.85. The molecule has 0 amide bonds. The maximum absolute atomic E-state index is 11.2. The average Bonchev–Trinajstić information content (AvgIpc) is 2.17. The summed E-state index contributed by atoms with van der Waals surface area (Å²) < 4.78 is 4.62. The van der Waals surface area contributed by atoms with Crippen LogP contribution in [0.3, 0.4) is 0 Å². The van der Waals surface area contributed by atoms with Crippen LogP contribution in [-0.2, 0) is 4.74 Å². The maximum atomic E-state index is 11.2. The van der Waals surface area contributed by atoms with E-state index in [4.69, 9.17) is 0 Å². The van der Waals surface area contributed by atoms with E-state index in [1.165, 1.54) is 7.11 Å². The van der Waals surface area contributed by atoms with Crippen LogP contribution in [0.5, 0.6) is 0 Å². The molecule has 0 unspecified atom stereocenters. The van der Waals surface area contributed by atoms with E-state index < -0.39 is 0 Å². The minimum Gasteiger partial charge on any atom is -0.465 e. The number of aryl methyl sites for hydroxylation is 1. The lowest BCUT2D eigenvalue weighted by Gasteiger charge is -2.06. The molecule has 1 heterocycles. The number of carbonyl (C=O) groups is 1. The van der Waals surface area contributed by atoms with E-state index >= 15 is 0 Å². The highest BCUT2D eigenvalue weighted by Crippen LogP contribution is 2.11. The summed E-state index contributed by atoms with van der Waals surface area (Å²) >= 11 is 0. The number of nitrogens with one attached hydrogen (secondary N) is 1. The van der Waals surface area contributed by atoms with Crippen molar-refractivity contribution in [2.45, 2.75) is 13.8 Å². The van der Waals surface area contributed by atoms with Gasteiger partial charge in [-0.1, -0.05) is 0 Å². The van der Waals surface area contributed by atoms with Crippen molar-refractivity contribution in [3.63, 3.8) is 0 Å². The summed E-state index contributed by atoms with van der Waals surface area (Å²) in [6.07, 6.45) is 0. The Hall–Kier alpha value is -1.58. The second-order valence-corrected chi connectivity index (χ2v) is 2.85. The van der Waals surface area contributed by atoms with E-state index in [1.54, 1.807) is 19.1 Å². The first kappa shape index (κ1) is 10.5. The van der Waals surface area contributed by atoms with Gasteiger partial charge in [-0.05, 0) is 26.0 Å². The molecule has 76 valence electrons. The van der Waals surface area contributed by atoms with Gasteiger partial charge in [-0.3, -0.25) is 0 Å². The maximum Gasteiger partial charge on any atom is 0.339 e. The van der Waals surface area contributed by atoms with Crippen molar-refractivity contribution in [2.24, 2.45) is 0 Å². The highest BCUT2D eigenvalue weighted by Gasteiger charge is 2.09. The van der Waals surface area contributed by atoms with Crippen LogP contribution in [0.1, 0.15) is 23.0 Å². The summed E-state index contributed by atoms with van der Waals surface area (Å²) in [5, 5.41) is 3.07. The second kappa shape index (κ2) is 4.60. The Kier molecular flexibility index (Phi) is 3.45. The molecule has 1 N–H and O–H groups in total. The Morgan fingerprint density at radius 2 is 2.29 bits per heavy atom. The average molecular weight is 194 g/mol. The molecule has 0 aromatic carbocycles. The molecule has 14 heavy (non-hydrogen) atoms. The predicted molar refractivity (Wildman–Crippen MR) is 54.5 cm³/mol. The van der Waals surface area contributed by atoms with Crippen LogP contribution in [-0.4, -0.2) is 24.6 Å². The van der Waals surface area contributed by atoms with E-state index in [-0.39, 0.29) is 5.97 Å². The smallest absolute Gasteiger partial charge is 0.339 e. The molecule has 0 aliphatic rings. The molecule has 0 radical (unpaired) electrons. The lowest BCUT2D eigenvalue weighted by Crippen LogP contribution is -2.07. The molecule has 0 saturated carbocycles. The minimum absolute atomic E-state index is 0.349. The van der Waals surface area contributed by atoms with E-state index in [2.05, 4.69) is 15.0 Å². The zero-order chi connectivity index (χ0) is 10.6. The summed E-state index contributed by atoms with van der Waals surface area (Å²) in [5.74, 6) is 0.427. The zero-order valence-electron chi connectivity index (χ0n) is 8.63. The van der Waals surface area contributed by atoms with Gasteiger partial charge in [0.2, 0.25) is 0 Å². The van der Waals surface area contributed by atoms with Crippen molar-refractivity contribution in [3.05, 3.63) is 23.4 Å². The van der Waals surface area contributed by atoms with Gasteiger partial charge in [-0.2, -0.15) is 0 Å². The summed E-state index contributed by atoms with van der Waals surface area (Å²) in [4.78, 5) is 15.4. The molecule has 4 heteroatoms. The molecule has 1 rings (SSSR count). The molecule has 0 fully saturated rings. The quantitative estimate of drug-likeness (QED) is 0.743. The SMILES string of the molecule is CCNc1ccc(C(=O)OC)c(C)n1. The standard InChI is InChI=1S/C10H14N2O2/c1-4-11-9-6-5-8(7(2)12-9)10(13)14-3/h5-6H,4H2,1-3H3,(H,11,12). The summed E-state index contributed by atoms with van der Waals surface area (Å²) in [6, 6.07) is 3.48. The highest BCUT2D eigenvalue weighted by atomic mass is 16.5. The third-order valence-corrected chi connectivity index (χ3v) is 1.85. The number of esters is 1. The van der Waals surface area contributed by atoms with Crippen LogP contribution >= 0.6 is 0 Å². The summed E-state index contributed by atoms with van der Waals surface area (Å²) in [5.41, 5.74) is 1.18. The Labute approximate surface area is 83.3 Å². The topological polar surface area (TPSA) is 51.2 Å². The molecule has 0 saturated heterocycles. The van der Waals surface area contributed by atoms with E-state index in [0.717, 1.165) is 12.4 Å². The Morgan fingerprint density at radius 1 is 1.57 bits per heavy atom. The fraction of sp³-hybridized carbons (Fsp3) is 0.400. The minimum atomic E-state index is -0.349. The lowest BCUT2D eigenvalue weighted by atomic mass is 10.2. The molecular formula is C10H14N2O2. The van der Waals surface area contributed by atoms with Gasteiger partial charge in [0.1, 0.15) is 5.82 Å². The number of rotatable bonds is 3. The molecule has 0 spiro atoms. The first-order valence-electron chi connectivity index (χ1n) is 4.49. The first-order valence-corrected chi connectivity index (χ1v) is 4.49. The van der Waals surface area contributed by atoms with E-state index in [0.29, 0.717) is 11.3 Å². The normalized spacial score (nSPS) is 9.64. The number of nitrogens with zero attached hydrogens (tertiary/aromatic N) is 1. The molecule has 0 aliphatic heterocycles. The molecule has 0 aliphatic carbocycles. The van der Waals surface area contributed by atoms with Crippen molar-refractivity contribution in [2.75, 3.05) is 19.0 Å². The Morgan fingerprint density at radius 3 is 2.79 bits per heavy atom. The zero-order valence-corrected chi connectivity index (χ0v) is 8.63.